The summed E-state index contributed by atoms with van der Waals surface area (Å²) in [6, 6.07) is 8.70. The van der Waals surface area contributed by atoms with Crippen LogP contribution in [0, 0.1) is 0 Å². The van der Waals surface area contributed by atoms with E-state index < -0.39 is 23.8 Å². The minimum Gasteiger partial charge on any atom is -0.444 e. The van der Waals surface area contributed by atoms with Gasteiger partial charge < -0.3 is 15.2 Å². The van der Waals surface area contributed by atoms with E-state index in [4.69, 9.17) is 4.74 Å². The van der Waals surface area contributed by atoms with Crippen molar-refractivity contribution in [2.45, 2.75) is 64.3 Å². The molecule has 0 saturated carbocycles. The lowest BCUT2D eigenvalue weighted by Gasteiger charge is -2.38. The molecule has 1 aliphatic heterocycles. The highest BCUT2D eigenvalue weighted by atomic mass is 16.6. The molecule has 1 saturated heterocycles. The molecule has 0 radical (unpaired) electrons. The molecule has 25 heavy (non-hydrogen) atoms. The first kappa shape index (κ1) is 19.2. The maximum atomic E-state index is 12.7. The zero-order valence-corrected chi connectivity index (χ0v) is 15.4. The predicted octanol–water partition coefficient (Wildman–Crippen LogP) is 2.62. The molecule has 1 aliphatic rings. The van der Waals surface area contributed by atoms with Crippen LogP contribution in [0.2, 0.25) is 0 Å². The maximum Gasteiger partial charge on any atom is 0.410 e. The van der Waals surface area contributed by atoms with Gasteiger partial charge in [0.2, 0.25) is 5.91 Å². The van der Waals surface area contributed by atoms with Crippen LogP contribution in [0.5, 0.6) is 0 Å². The Hall–Kier alpha value is -2.08. The Kier molecular flexibility index (Phi) is 6.06. The third kappa shape index (κ3) is 5.46. The fourth-order valence-electron chi connectivity index (χ4n) is 2.87. The molecule has 0 bridgehead atoms. The van der Waals surface area contributed by atoms with Gasteiger partial charge in [-0.2, -0.15) is 0 Å². The molecule has 6 nitrogen and oxygen atoms in total. The second-order valence-corrected chi connectivity index (χ2v) is 7.51. The topological polar surface area (TPSA) is 78.9 Å². The van der Waals surface area contributed by atoms with Crippen LogP contribution in [-0.2, 0) is 9.53 Å². The summed E-state index contributed by atoms with van der Waals surface area (Å²) in [6.45, 7) is 7.56. The Balaban J connectivity index is 2.08. The number of hydrogen-bond donors (Lipinski definition) is 2. The van der Waals surface area contributed by atoms with Gasteiger partial charge in [-0.05, 0) is 39.7 Å². The molecule has 2 amide bonds. The van der Waals surface area contributed by atoms with Crippen molar-refractivity contribution in [1.29, 1.82) is 0 Å². The van der Waals surface area contributed by atoms with E-state index in [-0.39, 0.29) is 18.4 Å². The smallest absolute Gasteiger partial charge is 0.410 e. The number of hydrogen-bond acceptors (Lipinski definition) is 4. The number of aliphatic hydroxyl groups excluding tert-OH is 1. The normalized spacial score (nSPS) is 22.2. The van der Waals surface area contributed by atoms with Crippen molar-refractivity contribution < 1.29 is 19.4 Å². The van der Waals surface area contributed by atoms with Crippen LogP contribution in [0.3, 0.4) is 0 Å². The average Bonchev–Trinajstić information content (AvgIpc) is 2.53. The van der Waals surface area contributed by atoms with Gasteiger partial charge in [0.25, 0.3) is 0 Å². The Morgan fingerprint density at radius 3 is 2.52 bits per heavy atom. The third-order valence-electron chi connectivity index (χ3n) is 4.16. The standard InChI is InChI=1S/C19H28N2O4/c1-13(14-8-6-5-7-9-14)20-17(23)16-12-15(22)10-11-21(16)18(24)25-19(2,3)4/h5-9,13,15-16,22H,10-12H2,1-4H3,(H,20,23)/t13?,15-,16+/m0/s1. The van der Waals surface area contributed by atoms with E-state index in [2.05, 4.69) is 5.32 Å². The van der Waals surface area contributed by atoms with Crippen molar-refractivity contribution in [2.24, 2.45) is 0 Å². The van der Waals surface area contributed by atoms with Crippen LogP contribution < -0.4 is 5.32 Å². The van der Waals surface area contributed by atoms with Crippen LogP contribution in [0.25, 0.3) is 0 Å². The number of carbonyl (C=O) groups is 2. The lowest BCUT2D eigenvalue weighted by molar-refractivity contribution is -0.130. The van der Waals surface area contributed by atoms with E-state index in [1.807, 2.05) is 37.3 Å². The van der Waals surface area contributed by atoms with Crippen LogP contribution in [-0.4, -0.2) is 46.3 Å². The lowest BCUT2D eigenvalue weighted by atomic mass is 9.98. The van der Waals surface area contributed by atoms with Crippen molar-refractivity contribution in [3.8, 4) is 0 Å². The van der Waals surface area contributed by atoms with Gasteiger partial charge in [0.05, 0.1) is 12.1 Å². The summed E-state index contributed by atoms with van der Waals surface area (Å²) in [6.07, 6.45) is -0.461. The molecule has 138 valence electrons. The lowest BCUT2D eigenvalue weighted by Crippen LogP contribution is -2.55. The van der Waals surface area contributed by atoms with Crippen molar-refractivity contribution in [3.63, 3.8) is 0 Å². The molecule has 1 fully saturated rings. The molecule has 2 N–H and O–H groups in total. The highest BCUT2D eigenvalue weighted by Crippen LogP contribution is 2.22. The molecule has 1 aromatic carbocycles. The van der Waals surface area contributed by atoms with Gasteiger partial charge in [-0.25, -0.2) is 4.79 Å². The minimum absolute atomic E-state index is 0.187. The molecule has 1 aromatic rings. The maximum absolute atomic E-state index is 12.7. The number of nitrogens with zero attached hydrogens (tertiary/aromatic N) is 1. The summed E-state index contributed by atoms with van der Waals surface area (Å²) in [5.41, 5.74) is 0.349. The van der Waals surface area contributed by atoms with E-state index in [0.29, 0.717) is 13.0 Å². The van der Waals surface area contributed by atoms with Crippen LogP contribution in [0.4, 0.5) is 4.79 Å². The summed E-state index contributed by atoms with van der Waals surface area (Å²) in [4.78, 5) is 26.6. The summed E-state index contributed by atoms with van der Waals surface area (Å²) >= 11 is 0. The summed E-state index contributed by atoms with van der Waals surface area (Å²) in [7, 11) is 0. The number of aliphatic hydroxyl groups is 1. The van der Waals surface area contributed by atoms with Gasteiger partial charge >= 0.3 is 6.09 Å². The monoisotopic (exact) mass is 348 g/mol. The molecular weight excluding hydrogens is 320 g/mol. The van der Waals surface area contributed by atoms with Crippen LogP contribution in [0.1, 0.15) is 52.1 Å². The molecule has 6 heteroatoms. The first-order valence-electron chi connectivity index (χ1n) is 8.70. The van der Waals surface area contributed by atoms with E-state index in [0.717, 1.165) is 5.56 Å². The summed E-state index contributed by atoms with van der Waals surface area (Å²) in [5, 5.41) is 12.9. The zero-order chi connectivity index (χ0) is 18.6. The predicted molar refractivity (Wildman–Crippen MR) is 95.0 cm³/mol. The van der Waals surface area contributed by atoms with Gasteiger partial charge in [-0.15, -0.1) is 0 Å². The molecular formula is C19H28N2O4. The first-order valence-corrected chi connectivity index (χ1v) is 8.70. The van der Waals surface area contributed by atoms with Gasteiger partial charge in [0, 0.05) is 13.0 Å². The van der Waals surface area contributed by atoms with Gasteiger partial charge in [0.1, 0.15) is 11.6 Å². The fourth-order valence-corrected chi connectivity index (χ4v) is 2.87. The largest absolute Gasteiger partial charge is 0.444 e. The first-order chi connectivity index (χ1) is 11.7. The molecule has 0 aliphatic carbocycles. The Morgan fingerprint density at radius 1 is 1.28 bits per heavy atom. The number of piperidine rings is 1. The van der Waals surface area contributed by atoms with Gasteiger partial charge in [0.15, 0.2) is 0 Å². The van der Waals surface area contributed by atoms with Crippen molar-refractivity contribution in [1.82, 2.24) is 10.2 Å². The number of ether oxygens (including phenoxy) is 1. The molecule has 3 atom stereocenters. The summed E-state index contributed by atoms with van der Waals surface area (Å²) < 4.78 is 5.41. The minimum atomic E-state index is -0.732. The van der Waals surface area contributed by atoms with Crippen molar-refractivity contribution >= 4 is 12.0 Å². The highest BCUT2D eigenvalue weighted by molar-refractivity contribution is 5.86. The fraction of sp³-hybridized carbons (Fsp3) is 0.579. The zero-order valence-electron chi connectivity index (χ0n) is 15.4. The van der Waals surface area contributed by atoms with Gasteiger partial charge in [-0.1, -0.05) is 30.3 Å². The molecule has 2 rings (SSSR count). The third-order valence-corrected chi connectivity index (χ3v) is 4.16. The van der Waals surface area contributed by atoms with Crippen molar-refractivity contribution in [2.75, 3.05) is 6.54 Å². The number of carbonyl (C=O) groups excluding carboxylic acids is 2. The SMILES string of the molecule is CC(NC(=O)[C@H]1C[C@@H](O)CCN1C(=O)OC(C)(C)C)c1ccccc1. The number of amides is 2. The Labute approximate surface area is 149 Å². The number of rotatable bonds is 3. The van der Waals surface area contributed by atoms with Crippen LogP contribution >= 0.6 is 0 Å². The Bertz CT molecular complexity index is 597. The van der Waals surface area contributed by atoms with E-state index in [9.17, 15) is 14.7 Å². The summed E-state index contributed by atoms with van der Waals surface area (Å²) in [5.74, 6) is -0.277. The van der Waals surface area contributed by atoms with Crippen LogP contribution in [0.15, 0.2) is 30.3 Å². The van der Waals surface area contributed by atoms with Crippen molar-refractivity contribution in [3.05, 3.63) is 35.9 Å². The molecule has 0 aromatic heterocycles. The number of benzene rings is 1. The van der Waals surface area contributed by atoms with E-state index in [1.165, 1.54) is 4.90 Å². The van der Waals surface area contributed by atoms with Gasteiger partial charge in [-0.3, -0.25) is 9.69 Å². The second-order valence-electron chi connectivity index (χ2n) is 7.51. The highest BCUT2D eigenvalue weighted by Gasteiger charge is 2.38. The van der Waals surface area contributed by atoms with E-state index in [1.54, 1.807) is 20.8 Å². The number of likely N-dealkylation sites (tertiary alicyclic amines) is 1. The second kappa shape index (κ2) is 7.87. The molecule has 1 heterocycles. The molecule has 0 spiro atoms. The van der Waals surface area contributed by atoms with E-state index >= 15 is 0 Å². The number of nitrogens with one attached hydrogen (secondary N) is 1. The average molecular weight is 348 g/mol. The Morgan fingerprint density at radius 2 is 1.92 bits per heavy atom. The quantitative estimate of drug-likeness (QED) is 0.880. The molecule has 1 unspecified atom stereocenters.